The molecule has 0 bridgehead atoms. The summed E-state index contributed by atoms with van der Waals surface area (Å²) in [4.78, 5) is 38.7. The normalized spacial score (nSPS) is 19.0. The molecular formula is C21H27N5O2S. The Bertz CT molecular complexity index is 861. The average Bonchev–Trinajstić information content (AvgIpc) is 3.18. The quantitative estimate of drug-likeness (QED) is 0.807. The number of pyridine rings is 1. The third kappa shape index (κ3) is 4.75. The third-order valence-corrected chi connectivity index (χ3v) is 6.88. The maximum Gasteiger partial charge on any atom is 0.223 e. The van der Waals surface area contributed by atoms with Gasteiger partial charge < -0.3 is 15.1 Å². The van der Waals surface area contributed by atoms with Gasteiger partial charge in [0.1, 0.15) is 0 Å². The van der Waals surface area contributed by atoms with Crippen LogP contribution in [-0.2, 0) is 28.9 Å². The zero-order valence-corrected chi connectivity index (χ0v) is 17.6. The van der Waals surface area contributed by atoms with E-state index in [1.165, 1.54) is 4.88 Å². The van der Waals surface area contributed by atoms with E-state index in [2.05, 4.69) is 15.2 Å². The van der Waals surface area contributed by atoms with Gasteiger partial charge in [-0.05, 0) is 31.4 Å². The number of aryl methyl sites for hydroxylation is 1. The van der Waals surface area contributed by atoms with Gasteiger partial charge in [0.25, 0.3) is 0 Å². The van der Waals surface area contributed by atoms with Crippen LogP contribution in [-0.4, -0.2) is 59.4 Å². The minimum Gasteiger partial charge on any atom is -0.355 e. The van der Waals surface area contributed by atoms with E-state index in [0.717, 1.165) is 68.4 Å². The van der Waals surface area contributed by atoms with E-state index in [4.69, 9.17) is 4.98 Å². The Kier molecular flexibility index (Phi) is 6.08. The van der Waals surface area contributed by atoms with Gasteiger partial charge >= 0.3 is 0 Å². The molecule has 2 aromatic rings. The number of aromatic nitrogens is 2. The number of carbonyl (C=O) groups is 2. The van der Waals surface area contributed by atoms with Crippen molar-refractivity contribution < 1.29 is 9.59 Å². The lowest BCUT2D eigenvalue weighted by molar-refractivity contribution is -0.129. The predicted molar refractivity (Wildman–Crippen MR) is 113 cm³/mol. The number of anilines is 1. The minimum absolute atomic E-state index is 0.0223. The molecule has 2 aliphatic rings. The van der Waals surface area contributed by atoms with Crippen LogP contribution in [0, 0.1) is 5.92 Å². The zero-order valence-electron chi connectivity index (χ0n) is 16.8. The second-order valence-electron chi connectivity index (χ2n) is 7.66. The molecule has 3 heterocycles. The fourth-order valence-electron chi connectivity index (χ4n) is 3.94. The summed E-state index contributed by atoms with van der Waals surface area (Å²) in [5, 5.41) is 4.11. The second-order valence-corrected chi connectivity index (χ2v) is 8.72. The lowest BCUT2D eigenvalue weighted by atomic mass is 9.90. The van der Waals surface area contributed by atoms with Crippen molar-refractivity contribution in [2.45, 2.75) is 32.6 Å². The maximum atomic E-state index is 12.6. The first kappa shape index (κ1) is 19.8. The number of nitrogens with zero attached hydrogens (tertiary/aromatic N) is 4. The van der Waals surface area contributed by atoms with Crippen LogP contribution in [0.4, 0.5) is 5.13 Å². The number of thiazole rings is 1. The predicted octanol–water partition coefficient (Wildman–Crippen LogP) is 1.67. The monoisotopic (exact) mass is 413 g/mol. The van der Waals surface area contributed by atoms with Crippen LogP contribution in [0.1, 0.15) is 29.6 Å². The molecule has 1 saturated heterocycles. The van der Waals surface area contributed by atoms with Gasteiger partial charge in [0.15, 0.2) is 5.13 Å². The number of hydrogen-bond donors (Lipinski definition) is 1. The molecule has 8 heteroatoms. The summed E-state index contributed by atoms with van der Waals surface area (Å²) in [7, 11) is 0. The Morgan fingerprint density at radius 1 is 1.24 bits per heavy atom. The molecule has 1 aliphatic heterocycles. The first-order valence-corrected chi connectivity index (χ1v) is 11.1. The molecule has 7 nitrogen and oxygen atoms in total. The third-order valence-electron chi connectivity index (χ3n) is 5.70. The average molecular weight is 414 g/mol. The molecule has 2 aromatic heterocycles. The lowest BCUT2D eigenvalue weighted by Crippen LogP contribution is -2.48. The second kappa shape index (κ2) is 8.90. The fourth-order valence-corrected chi connectivity index (χ4v) is 5.18. The first-order chi connectivity index (χ1) is 14.1. The van der Waals surface area contributed by atoms with Gasteiger partial charge in [-0.25, -0.2) is 4.98 Å². The molecular weight excluding hydrogens is 386 g/mol. The van der Waals surface area contributed by atoms with E-state index in [9.17, 15) is 9.59 Å². The molecule has 2 amide bonds. The van der Waals surface area contributed by atoms with E-state index in [1.54, 1.807) is 24.5 Å². The molecule has 1 unspecified atom stereocenters. The molecule has 0 radical (unpaired) electrons. The largest absolute Gasteiger partial charge is 0.355 e. The van der Waals surface area contributed by atoms with E-state index in [-0.39, 0.29) is 17.7 Å². The van der Waals surface area contributed by atoms with Crippen LogP contribution >= 0.6 is 11.3 Å². The highest BCUT2D eigenvalue weighted by molar-refractivity contribution is 7.15. The number of carbonyl (C=O) groups excluding carboxylic acids is 2. The lowest BCUT2D eigenvalue weighted by Gasteiger charge is -2.33. The molecule has 0 saturated carbocycles. The Labute approximate surface area is 175 Å². The van der Waals surface area contributed by atoms with Gasteiger partial charge in [-0.1, -0.05) is 6.07 Å². The summed E-state index contributed by atoms with van der Waals surface area (Å²) in [6.07, 6.45) is 5.01. The summed E-state index contributed by atoms with van der Waals surface area (Å²) in [6, 6.07) is 5.84. The zero-order chi connectivity index (χ0) is 20.2. The van der Waals surface area contributed by atoms with Crippen LogP contribution in [0.2, 0.25) is 0 Å². The first-order valence-electron chi connectivity index (χ1n) is 10.3. The standard InChI is InChI=1S/C21H27N5O2S/c1-15(27)25-10-12-26(13-11-25)21-24-18-6-5-16(14-19(18)29-21)20(28)23-9-7-17-4-2-3-8-22-17/h2-4,8,16H,5-7,9-14H2,1H3,(H,23,28). The van der Waals surface area contributed by atoms with Gasteiger partial charge in [0.05, 0.1) is 5.69 Å². The van der Waals surface area contributed by atoms with Crippen LogP contribution in [0.25, 0.3) is 0 Å². The van der Waals surface area contributed by atoms with Crippen molar-refractivity contribution >= 4 is 28.3 Å². The number of nitrogens with one attached hydrogen (secondary N) is 1. The highest BCUT2D eigenvalue weighted by atomic mass is 32.1. The summed E-state index contributed by atoms with van der Waals surface area (Å²) in [5.74, 6) is 0.297. The van der Waals surface area contributed by atoms with E-state index in [0.29, 0.717) is 6.54 Å². The van der Waals surface area contributed by atoms with E-state index in [1.807, 2.05) is 23.1 Å². The highest BCUT2D eigenvalue weighted by Crippen LogP contribution is 2.34. The molecule has 1 atom stereocenters. The number of rotatable bonds is 5. The highest BCUT2D eigenvalue weighted by Gasteiger charge is 2.29. The van der Waals surface area contributed by atoms with Gasteiger partial charge in [-0.2, -0.15) is 0 Å². The van der Waals surface area contributed by atoms with Gasteiger partial charge in [-0.3, -0.25) is 14.6 Å². The Hall–Kier alpha value is -2.48. The Morgan fingerprint density at radius 2 is 2.07 bits per heavy atom. The molecule has 0 spiro atoms. The van der Waals surface area contributed by atoms with E-state index >= 15 is 0 Å². The molecule has 1 N–H and O–H groups in total. The van der Waals surface area contributed by atoms with Crippen molar-refractivity contribution in [2.24, 2.45) is 5.92 Å². The van der Waals surface area contributed by atoms with Gasteiger partial charge in [0, 0.05) is 68.8 Å². The molecule has 154 valence electrons. The Morgan fingerprint density at radius 3 is 2.79 bits per heavy atom. The summed E-state index contributed by atoms with van der Waals surface area (Å²) < 4.78 is 0. The smallest absolute Gasteiger partial charge is 0.223 e. The molecule has 4 rings (SSSR count). The number of fused-ring (bicyclic) bond motifs is 1. The van der Waals surface area contributed by atoms with Crippen molar-refractivity contribution in [1.29, 1.82) is 0 Å². The number of piperazine rings is 1. The summed E-state index contributed by atoms with van der Waals surface area (Å²) in [5.41, 5.74) is 2.15. The minimum atomic E-state index is 0.0223. The number of amides is 2. The molecule has 29 heavy (non-hydrogen) atoms. The molecule has 1 fully saturated rings. The van der Waals surface area contributed by atoms with Crippen molar-refractivity contribution in [2.75, 3.05) is 37.6 Å². The number of hydrogen-bond acceptors (Lipinski definition) is 6. The van der Waals surface area contributed by atoms with Gasteiger partial charge in [0.2, 0.25) is 11.8 Å². The Balaban J connectivity index is 1.29. The van der Waals surface area contributed by atoms with Crippen molar-refractivity contribution in [3.63, 3.8) is 0 Å². The molecule has 0 aromatic carbocycles. The van der Waals surface area contributed by atoms with Crippen molar-refractivity contribution in [1.82, 2.24) is 20.2 Å². The fraction of sp³-hybridized carbons (Fsp3) is 0.524. The van der Waals surface area contributed by atoms with Crippen LogP contribution in [0.3, 0.4) is 0 Å². The van der Waals surface area contributed by atoms with E-state index < -0.39 is 0 Å². The SMILES string of the molecule is CC(=O)N1CCN(c2nc3c(s2)CC(C(=O)NCCc2ccccn2)CC3)CC1. The summed E-state index contributed by atoms with van der Waals surface area (Å²) in [6.45, 7) is 5.39. The van der Waals surface area contributed by atoms with Crippen molar-refractivity contribution in [3.05, 3.63) is 40.7 Å². The summed E-state index contributed by atoms with van der Waals surface area (Å²) >= 11 is 1.71. The van der Waals surface area contributed by atoms with Crippen LogP contribution < -0.4 is 10.2 Å². The van der Waals surface area contributed by atoms with Crippen LogP contribution in [0.5, 0.6) is 0 Å². The topological polar surface area (TPSA) is 78.4 Å². The van der Waals surface area contributed by atoms with Gasteiger partial charge in [-0.15, -0.1) is 11.3 Å². The molecule has 1 aliphatic carbocycles. The maximum absolute atomic E-state index is 12.6. The van der Waals surface area contributed by atoms with Crippen molar-refractivity contribution in [3.8, 4) is 0 Å². The van der Waals surface area contributed by atoms with Crippen LogP contribution in [0.15, 0.2) is 24.4 Å².